The van der Waals surface area contributed by atoms with E-state index in [0.717, 1.165) is 75.5 Å². The fourth-order valence-corrected chi connectivity index (χ4v) is 8.33. The third-order valence-corrected chi connectivity index (χ3v) is 11.3. The monoisotopic (exact) mass is 735 g/mol. The number of aromatic amines is 1. The van der Waals surface area contributed by atoms with E-state index >= 15 is 0 Å². The number of piperazine rings is 1. The molecule has 3 saturated heterocycles. The van der Waals surface area contributed by atoms with Gasteiger partial charge in [-0.05, 0) is 74.4 Å². The number of hydrogen-bond acceptors (Lipinski definition) is 9. The van der Waals surface area contributed by atoms with Gasteiger partial charge in [0.15, 0.2) is 11.4 Å². The van der Waals surface area contributed by atoms with E-state index in [1.165, 1.54) is 11.3 Å². The minimum Gasteiger partial charge on any atom is -0.453 e. The fraction of sp³-hybridized carbons (Fsp3) is 0.425. The normalized spacial score (nSPS) is 20.6. The molecule has 276 valence electrons. The summed E-state index contributed by atoms with van der Waals surface area (Å²) in [6, 6.07) is 17.1. The molecule has 12 nitrogen and oxygen atoms in total. The Hall–Kier alpha value is -4.78. The quantitative estimate of drug-likeness (QED) is 0.174. The lowest BCUT2D eigenvalue weighted by Crippen LogP contribution is -2.53. The second-order valence-electron chi connectivity index (χ2n) is 14.9. The SMILES string of the molecule is Cc1nn(C)cc1-c1nc2ncc(Cl)c(Oc3ccc(CN4CCN(CC5CCN(c6cccc([C@@H]7CCC(=O)NC7=O)c6)CC5)[C@H](C)C4)cc3)c2[nH]1. The van der Waals surface area contributed by atoms with Crippen molar-refractivity contribution >= 4 is 40.3 Å². The number of nitrogens with one attached hydrogen (secondary N) is 2. The van der Waals surface area contributed by atoms with Crippen molar-refractivity contribution in [3.05, 3.63) is 82.8 Å². The molecule has 2 N–H and O–H groups in total. The van der Waals surface area contributed by atoms with Gasteiger partial charge in [0.2, 0.25) is 11.8 Å². The van der Waals surface area contributed by atoms with Crippen molar-refractivity contribution in [3.63, 3.8) is 0 Å². The smallest absolute Gasteiger partial charge is 0.234 e. The number of benzene rings is 2. The number of piperidine rings is 2. The highest BCUT2D eigenvalue weighted by Gasteiger charge is 2.30. The number of hydrogen-bond donors (Lipinski definition) is 2. The number of ether oxygens (including phenoxy) is 1. The Morgan fingerprint density at radius 3 is 2.57 bits per heavy atom. The van der Waals surface area contributed by atoms with Gasteiger partial charge in [-0.2, -0.15) is 5.10 Å². The van der Waals surface area contributed by atoms with Crippen molar-refractivity contribution in [1.29, 1.82) is 0 Å². The number of fused-ring (bicyclic) bond motifs is 1. The molecule has 2 aromatic carbocycles. The van der Waals surface area contributed by atoms with Crippen molar-refractivity contribution in [2.24, 2.45) is 13.0 Å². The van der Waals surface area contributed by atoms with Gasteiger partial charge < -0.3 is 14.6 Å². The summed E-state index contributed by atoms with van der Waals surface area (Å²) in [7, 11) is 1.89. The van der Waals surface area contributed by atoms with Crippen LogP contribution in [-0.2, 0) is 23.2 Å². The van der Waals surface area contributed by atoms with E-state index in [2.05, 4.69) is 71.3 Å². The predicted octanol–water partition coefficient (Wildman–Crippen LogP) is 6.06. The molecule has 3 aliphatic rings. The molecule has 0 aliphatic carbocycles. The van der Waals surface area contributed by atoms with E-state index in [1.807, 2.05) is 44.4 Å². The second kappa shape index (κ2) is 14.9. The highest BCUT2D eigenvalue weighted by molar-refractivity contribution is 6.32. The topological polar surface area (TPSA) is 125 Å². The van der Waals surface area contributed by atoms with E-state index in [9.17, 15) is 9.59 Å². The van der Waals surface area contributed by atoms with E-state index in [0.29, 0.717) is 58.3 Å². The number of carbonyl (C=O) groups is 2. The molecule has 2 atom stereocenters. The summed E-state index contributed by atoms with van der Waals surface area (Å²) in [5.41, 5.74) is 6.38. The molecular weight excluding hydrogens is 690 g/mol. The molecule has 6 heterocycles. The average Bonchev–Trinajstić information content (AvgIpc) is 3.73. The van der Waals surface area contributed by atoms with Gasteiger partial charge >= 0.3 is 0 Å². The zero-order valence-corrected chi connectivity index (χ0v) is 31.3. The zero-order valence-electron chi connectivity index (χ0n) is 30.5. The first-order chi connectivity index (χ1) is 25.7. The van der Waals surface area contributed by atoms with E-state index in [4.69, 9.17) is 16.3 Å². The largest absolute Gasteiger partial charge is 0.453 e. The fourth-order valence-electron chi connectivity index (χ4n) is 8.15. The standard InChI is InChI=1S/C40H46ClN9O3/c1-25-21-48(17-18-50(25)23-28-13-15-49(16-14-28)30-6-4-5-29(19-30)32-11-12-35(51)43-40(32)52)22-27-7-9-31(10-8-27)53-37-34(41)20-42-39-36(37)44-38(45-39)33-24-47(3)46-26(33)2/h4-10,19-20,24-25,28,32H,11-18,21-23H2,1-3H3,(H,42,44,45)(H,43,51,52)/t25-,32+/m1/s1. The summed E-state index contributed by atoms with van der Waals surface area (Å²) in [5.74, 6) is 1.95. The molecule has 3 aliphatic heterocycles. The van der Waals surface area contributed by atoms with Crippen LogP contribution in [0.3, 0.4) is 0 Å². The van der Waals surface area contributed by atoms with Crippen molar-refractivity contribution in [2.75, 3.05) is 44.2 Å². The Morgan fingerprint density at radius 1 is 1.02 bits per heavy atom. The number of rotatable bonds is 9. The number of aromatic nitrogens is 5. The maximum absolute atomic E-state index is 12.4. The number of anilines is 1. The van der Waals surface area contributed by atoms with E-state index in [-0.39, 0.29) is 17.7 Å². The Bertz CT molecular complexity index is 2120. The zero-order chi connectivity index (χ0) is 36.6. The van der Waals surface area contributed by atoms with Gasteiger partial charge in [0.05, 0.1) is 23.4 Å². The lowest BCUT2D eigenvalue weighted by atomic mass is 9.89. The van der Waals surface area contributed by atoms with Gasteiger partial charge in [0.1, 0.15) is 22.1 Å². The van der Waals surface area contributed by atoms with Gasteiger partial charge in [0.25, 0.3) is 0 Å². The molecule has 0 bridgehead atoms. The van der Waals surface area contributed by atoms with Crippen LogP contribution in [0.5, 0.6) is 11.5 Å². The third kappa shape index (κ3) is 7.67. The van der Waals surface area contributed by atoms with Crippen LogP contribution in [0.4, 0.5) is 5.69 Å². The Labute approximate surface area is 314 Å². The Balaban J connectivity index is 0.821. The number of H-pyrrole nitrogens is 1. The summed E-state index contributed by atoms with van der Waals surface area (Å²) in [5, 5.41) is 7.34. The lowest BCUT2D eigenvalue weighted by Gasteiger charge is -2.43. The van der Waals surface area contributed by atoms with Crippen molar-refractivity contribution < 1.29 is 14.3 Å². The van der Waals surface area contributed by atoms with Crippen LogP contribution in [0.1, 0.15) is 55.3 Å². The second-order valence-corrected chi connectivity index (χ2v) is 15.3. The maximum Gasteiger partial charge on any atom is 0.234 e. The van der Waals surface area contributed by atoms with Crippen molar-refractivity contribution in [1.82, 2.24) is 39.8 Å². The minimum atomic E-state index is -0.248. The van der Waals surface area contributed by atoms with Crippen LogP contribution in [0.25, 0.3) is 22.6 Å². The number of amides is 2. The molecule has 0 spiro atoms. The van der Waals surface area contributed by atoms with Gasteiger partial charge in [-0.15, -0.1) is 0 Å². The summed E-state index contributed by atoms with van der Waals surface area (Å²) in [4.78, 5) is 44.2. The molecule has 2 amide bonds. The van der Waals surface area contributed by atoms with Crippen LogP contribution < -0.4 is 15.0 Å². The van der Waals surface area contributed by atoms with Crippen LogP contribution in [0.15, 0.2) is 60.9 Å². The molecular formula is C40H46ClN9O3. The van der Waals surface area contributed by atoms with E-state index in [1.54, 1.807) is 10.9 Å². The third-order valence-electron chi connectivity index (χ3n) is 11.1. The molecule has 0 radical (unpaired) electrons. The van der Waals surface area contributed by atoms with Gasteiger partial charge in [0, 0.05) is 77.2 Å². The van der Waals surface area contributed by atoms with Crippen LogP contribution in [0.2, 0.25) is 5.02 Å². The molecule has 3 fully saturated rings. The molecule has 13 heteroatoms. The maximum atomic E-state index is 12.4. The number of carbonyl (C=O) groups excluding carboxylic acids is 2. The molecule has 0 unspecified atom stereocenters. The Morgan fingerprint density at radius 2 is 1.83 bits per heavy atom. The van der Waals surface area contributed by atoms with Crippen molar-refractivity contribution in [2.45, 2.75) is 58.0 Å². The summed E-state index contributed by atoms with van der Waals surface area (Å²) in [6.45, 7) is 11.5. The van der Waals surface area contributed by atoms with Gasteiger partial charge in [-0.3, -0.25) is 29.4 Å². The highest BCUT2D eigenvalue weighted by atomic mass is 35.5. The van der Waals surface area contributed by atoms with Crippen LogP contribution in [0, 0.1) is 12.8 Å². The first kappa shape index (κ1) is 35.3. The Kier molecular flexibility index (Phi) is 9.93. The molecule has 8 rings (SSSR count). The molecule has 0 saturated carbocycles. The average molecular weight is 736 g/mol. The van der Waals surface area contributed by atoms with Crippen LogP contribution >= 0.6 is 11.6 Å². The van der Waals surface area contributed by atoms with Gasteiger partial charge in [-0.1, -0.05) is 35.9 Å². The molecule has 5 aromatic rings. The minimum absolute atomic E-state index is 0.172. The van der Waals surface area contributed by atoms with E-state index < -0.39 is 0 Å². The number of nitrogens with zero attached hydrogens (tertiary/aromatic N) is 7. The number of aryl methyl sites for hydroxylation is 2. The number of imide groups is 1. The molecule has 53 heavy (non-hydrogen) atoms. The number of pyridine rings is 1. The summed E-state index contributed by atoms with van der Waals surface area (Å²) < 4.78 is 8.08. The number of halogens is 1. The lowest BCUT2D eigenvalue weighted by molar-refractivity contribution is -0.134. The summed E-state index contributed by atoms with van der Waals surface area (Å²) >= 11 is 6.58. The van der Waals surface area contributed by atoms with Crippen LogP contribution in [-0.4, -0.2) is 91.7 Å². The first-order valence-corrected chi connectivity index (χ1v) is 19.0. The first-order valence-electron chi connectivity index (χ1n) is 18.6. The molecule has 3 aromatic heterocycles. The highest BCUT2D eigenvalue weighted by Crippen LogP contribution is 2.36. The summed E-state index contributed by atoms with van der Waals surface area (Å²) in [6.07, 6.45) is 6.80. The number of imidazole rings is 1. The van der Waals surface area contributed by atoms with Gasteiger partial charge in [-0.25, -0.2) is 9.97 Å². The predicted molar refractivity (Wildman–Crippen MR) is 205 cm³/mol. The van der Waals surface area contributed by atoms with Crippen molar-refractivity contribution in [3.8, 4) is 22.9 Å².